The van der Waals surface area contributed by atoms with Crippen LogP contribution in [0.5, 0.6) is 0 Å². The summed E-state index contributed by atoms with van der Waals surface area (Å²) in [6.45, 7) is 3.08. The summed E-state index contributed by atoms with van der Waals surface area (Å²) in [7, 11) is 0. The maximum absolute atomic E-state index is 11.0. The first-order valence-corrected chi connectivity index (χ1v) is 8.92. The molecule has 0 aliphatic carbocycles. The molecule has 0 fully saturated rings. The minimum absolute atomic E-state index is 0.0539. The lowest BCUT2D eigenvalue weighted by atomic mass is 10.0. The number of benzene rings is 1. The molecule has 0 spiro atoms. The third-order valence-corrected chi connectivity index (χ3v) is 3.67. The number of hydrogen-bond acceptors (Lipinski definition) is 3. The number of nitrogens with one attached hydrogen (secondary N) is 2. The van der Waals surface area contributed by atoms with Crippen LogP contribution < -0.4 is 10.6 Å². The molecule has 0 aromatic heterocycles. The number of carbonyl (C=O) groups is 1. The second-order valence-corrected chi connectivity index (χ2v) is 5.93. The highest BCUT2D eigenvalue weighted by molar-refractivity contribution is 6.30. The number of allylic oxidation sites excluding steroid dienone is 5. The minimum Gasteiger partial charge on any atom is -0.396 e. The van der Waals surface area contributed by atoms with Gasteiger partial charge in [0.05, 0.1) is 0 Å². The first kappa shape index (κ1) is 21.0. The third kappa shape index (κ3) is 9.75. The number of fused-ring (bicyclic) bond motifs is 1. The van der Waals surface area contributed by atoms with Crippen LogP contribution in [-0.4, -0.2) is 24.2 Å². The van der Waals surface area contributed by atoms with Gasteiger partial charge >= 0.3 is 0 Å². The Bertz CT molecular complexity index is 610. The number of aryl methyl sites for hydroxylation is 1. The second-order valence-electron chi connectivity index (χ2n) is 5.50. The van der Waals surface area contributed by atoms with Crippen LogP contribution >= 0.6 is 11.6 Å². The number of aliphatic hydroxyl groups is 1. The highest BCUT2D eigenvalue weighted by Crippen LogP contribution is 2.24. The fourth-order valence-electron chi connectivity index (χ4n) is 2.19. The van der Waals surface area contributed by atoms with Crippen molar-refractivity contribution >= 4 is 23.2 Å². The zero-order chi connectivity index (χ0) is 18.3. The summed E-state index contributed by atoms with van der Waals surface area (Å²) < 4.78 is 0. The number of carbonyl (C=O) groups excluding carboxylic acids is 1. The number of halogens is 1. The van der Waals surface area contributed by atoms with E-state index < -0.39 is 0 Å². The fourth-order valence-corrected chi connectivity index (χ4v) is 2.39. The Balaban J connectivity index is 0.000000255. The molecular formula is C20H27ClN2O2. The van der Waals surface area contributed by atoms with Gasteiger partial charge in [-0.1, -0.05) is 35.9 Å². The van der Waals surface area contributed by atoms with Crippen molar-refractivity contribution in [2.45, 2.75) is 32.6 Å². The van der Waals surface area contributed by atoms with Gasteiger partial charge in [-0.05, 0) is 56.0 Å². The smallest absolute Gasteiger partial charge is 0.223 e. The highest BCUT2D eigenvalue weighted by atomic mass is 35.5. The van der Waals surface area contributed by atoms with E-state index in [2.05, 4.69) is 16.7 Å². The van der Waals surface area contributed by atoms with E-state index in [1.807, 2.05) is 43.4 Å². The molecule has 25 heavy (non-hydrogen) atoms. The quantitative estimate of drug-likeness (QED) is 0.664. The average molecular weight is 363 g/mol. The molecule has 1 aliphatic heterocycles. The van der Waals surface area contributed by atoms with Crippen molar-refractivity contribution in [1.29, 1.82) is 0 Å². The predicted octanol–water partition coefficient (Wildman–Crippen LogP) is 4.22. The molecule has 0 unspecified atom stereocenters. The molecular weight excluding hydrogens is 336 g/mol. The van der Waals surface area contributed by atoms with Gasteiger partial charge in [-0.15, -0.1) is 0 Å². The molecule has 0 atom stereocenters. The Morgan fingerprint density at radius 2 is 2.12 bits per heavy atom. The summed E-state index contributed by atoms with van der Waals surface area (Å²) in [6.07, 6.45) is 14.1. The molecule has 1 aromatic rings. The summed E-state index contributed by atoms with van der Waals surface area (Å²) >= 11 is 5.85. The molecule has 1 heterocycles. The number of hydrogen-bond donors (Lipinski definition) is 3. The summed E-state index contributed by atoms with van der Waals surface area (Å²) in [5.74, 6) is -0.0743. The first-order valence-electron chi connectivity index (χ1n) is 8.54. The van der Waals surface area contributed by atoms with Crippen molar-refractivity contribution in [3.8, 4) is 0 Å². The second kappa shape index (κ2) is 13.3. The summed E-state index contributed by atoms with van der Waals surface area (Å²) in [5.41, 5.74) is 2.60. The zero-order valence-corrected chi connectivity index (χ0v) is 15.4. The van der Waals surface area contributed by atoms with Gasteiger partial charge in [-0.2, -0.15) is 0 Å². The lowest BCUT2D eigenvalue weighted by Crippen LogP contribution is -2.16. The zero-order valence-electron chi connectivity index (χ0n) is 14.7. The Labute approximate surface area is 155 Å². The van der Waals surface area contributed by atoms with E-state index in [9.17, 15) is 4.79 Å². The van der Waals surface area contributed by atoms with Crippen LogP contribution in [0.25, 0.3) is 0 Å². The van der Waals surface area contributed by atoms with Crippen LogP contribution in [0.3, 0.4) is 0 Å². The van der Waals surface area contributed by atoms with Crippen molar-refractivity contribution in [2.24, 2.45) is 0 Å². The SMILES string of the molecule is C\C=C/C=C\C=C\NC(=O)CCCO.Clc1ccc2c(c1)CCCN2. The van der Waals surface area contributed by atoms with Crippen LogP contribution in [-0.2, 0) is 11.2 Å². The predicted molar refractivity (Wildman–Crippen MR) is 106 cm³/mol. The van der Waals surface area contributed by atoms with Gasteiger partial charge in [0, 0.05) is 36.5 Å². The minimum atomic E-state index is -0.0743. The largest absolute Gasteiger partial charge is 0.396 e. The molecule has 0 saturated heterocycles. The van der Waals surface area contributed by atoms with Crippen LogP contribution in [0, 0.1) is 0 Å². The normalized spacial score (nSPS) is 13.4. The van der Waals surface area contributed by atoms with Crippen molar-refractivity contribution in [3.05, 3.63) is 65.4 Å². The molecule has 0 saturated carbocycles. The fraction of sp³-hybridized carbons (Fsp3) is 0.350. The maximum atomic E-state index is 11.0. The topological polar surface area (TPSA) is 61.4 Å². The molecule has 1 aliphatic rings. The van der Waals surface area contributed by atoms with Crippen LogP contribution in [0.1, 0.15) is 31.7 Å². The average Bonchev–Trinajstić information content (AvgIpc) is 2.63. The lowest BCUT2D eigenvalue weighted by Gasteiger charge is -2.17. The van der Waals surface area contributed by atoms with Gasteiger partial charge in [-0.25, -0.2) is 0 Å². The van der Waals surface area contributed by atoms with E-state index in [0.29, 0.717) is 12.8 Å². The molecule has 136 valence electrons. The van der Waals surface area contributed by atoms with Gasteiger partial charge in [0.15, 0.2) is 0 Å². The number of amides is 1. The first-order chi connectivity index (χ1) is 12.2. The Morgan fingerprint density at radius 3 is 2.88 bits per heavy atom. The third-order valence-electron chi connectivity index (χ3n) is 3.43. The monoisotopic (exact) mass is 362 g/mol. The van der Waals surface area contributed by atoms with Crippen molar-refractivity contribution < 1.29 is 9.90 Å². The summed E-state index contributed by atoms with van der Waals surface area (Å²) in [6, 6.07) is 6.03. The standard InChI is InChI=1S/C11H17NO2.C9H10ClN/c1-2-3-4-5-6-9-12-11(14)8-7-10-13;10-8-3-4-9-7(6-8)2-1-5-11-9/h2-6,9,13H,7-8,10H2,1H3,(H,12,14);3-4,6,11H,1-2,5H2/b3-2-,5-4-,9-6+;. The molecule has 4 nitrogen and oxygen atoms in total. The van der Waals surface area contributed by atoms with Gasteiger partial charge in [0.1, 0.15) is 0 Å². The summed E-state index contributed by atoms with van der Waals surface area (Å²) in [5, 5.41) is 15.2. The molecule has 0 bridgehead atoms. The summed E-state index contributed by atoms with van der Waals surface area (Å²) in [4.78, 5) is 11.0. The van der Waals surface area contributed by atoms with Gasteiger partial charge in [0.2, 0.25) is 5.91 Å². The number of rotatable bonds is 6. The van der Waals surface area contributed by atoms with Crippen LogP contribution in [0.2, 0.25) is 5.02 Å². The molecule has 0 radical (unpaired) electrons. The van der Waals surface area contributed by atoms with E-state index in [4.69, 9.17) is 16.7 Å². The Morgan fingerprint density at radius 1 is 1.32 bits per heavy atom. The Hall–Kier alpha value is -2.04. The van der Waals surface area contributed by atoms with Gasteiger partial charge < -0.3 is 15.7 Å². The molecule has 1 aromatic carbocycles. The maximum Gasteiger partial charge on any atom is 0.223 e. The lowest BCUT2D eigenvalue weighted by molar-refractivity contribution is -0.120. The van der Waals surface area contributed by atoms with E-state index in [0.717, 1.165) is 18.0 Å². The number of aliphatic hydroxyl groups excluding tert-OH is 1. The van der Waals surface area contributed by atoms with Crippen molar-refractivity contribution in [2.75, 3.05) is 18.5 Å². The molecule has 1 amide bonds. The Kier molecular flexibility index (Phi) is 11.2. The van der Waals surface area contributed by atoms with Crippen molar-refractivity contribution in [1.82, 2.24) is 5.32 Å². The van der Waals surface area contributed by atoms with Crippen LogP contribution in [0.4, 0.5) is 5.69 Å². The highest BCUT2D eigenvalue weighted by Gasteiger charge is 2.07. The van der Waals surface area contributed by atoms with Gasteiger partial charge in [-0.3, -0.25) is 4.79 Å². The van der Waals surface area contributed by atoms with E-state index >= 15 is 0 Å². The van der Waals surface area contributed by atoms with E-state index in [1.54, 1.807) is 12.3 Å². The number of anilines is 1. The van der Waals surface area contributed by atoms with E-state index in [-0.39, 0.29) is 12.5 Å². The van der Waals surface area contributed by atoms with E-state index in [1.165, 1.54) is 17.7 Å². The van der Waals surface area contributed by atoms with Crippen molar-refractivity contribution in [3.63, 3.8) is 0 Å². The molecule has 2 rings (SSSR count). The molecule has 5 heteroatoms. The van der Waals surface area contributed by atoms with Gasteiger partial charge in [0.25, 0.3) is 0 Å². The van der Waals surface area contributed by atoms with Crippen LogP contribution in [0.15, 0.2) is 54.8 Å². The molecule has 3 N–H and O–H groups in total.